The maximum absolute atomic E-state index is 12.6. The molecule has 21 heavy (non-hydrogen) atoms. The Morgan fingerprint density at radius 3 is 2.76 bits per heavy atom. The highest BCUT2D eigenvalue weighted by Crippen LogP contribution is 2.42. The van der Waals surface area contributed by atoms with Crippen molar-refractivity contribution in [1.82, 2.24) is 0 Å². The fourth-order valence-electron chi connectivity index (χ4n) is 2.91. The molecule has 1 aromatic carbocycles. The van der Waals surface area contributed by atoms with Gasteiger partial charge in [-0.25, -0.2) is 0 Å². The molecule has 1 amide bonds. The van der Waals surface area contributed by atoms with Crippen LogP contribution in [0.1, 0.15) is 44.6 Å². The number of amides is 1. The summed E-state index contributed by atoms with van der Waals surface area (Å²) in [6.45, 7) is 1.85. The highest BCUT2D eigenvalue weighted by atomic mass is 35.5. The summed E-state index contributed by atoms with van der Waals surface area (Å²) in [5.41, 5.74) is 1.04. The fraction of sp³-hybridized carbons (Fsp3) is 0.471. The molecule has 1 aromatic rings. The van der Waals surface area contributed by atoms with Crippen molar-refractivity contribution in [2.24, 2.45) is 5.41 Å². The van der Waals surface area contributed by atoms with Gasteiger partial charge >= 0.3 is 0 Å². The summed E-state index contributed by atoms with van der Waals surface area (Å²) < 4.78 is 0. The quantitative estimate of drug-likeness (QED) is 0.838. The normalized spacial score (nSPS) is 16.1. The van der Waals surface area contributed by atoms with E-state index in [0.717, 1.165) is 32.1 Å². The van der Waals surface area contributed by atoms with E-state index in [1.807, 2.05) is 0 Å². The number of hydrogen-bond acceptors (Lipinski definition) is 2. The van der Waals surface area contributed by atoms with Crippen LogP contribution in [0.15, 0.2) is 18.2 Å². The average molecular weight is 306 g/mol. The van der Waals surface area contributed by atoms with Gasteiger partial charge in [0, 0.05) is 16.0 Å². The molecule has 0 aliphatic heterocycles. The molecular weight excluding hydrogens is 286 g/mol. The Labute approximate surface area is 130 Å². The molecule has 2 N–H and O–H groups in total. The van der Waals surface area contributed by atoms with Crippen LogP contribution in [-0.4, -0.2) is 17.6 Å². The molecule has 112 valence electrons. The zero-order valence-corrected chi connectivity index (χ0v) is 13.0. The number of carbonyl (C=O) groups excluding carboxylic acids is 1. The number of carbonyl (C=O) groups is 1. The standard InChI is InChI=1S/C17H20ClNO2/c1-2-17(9-3-4-10-17)16(21)19-15-8-7-14(18)12-13(15)6-5-11-20/h7-8,12,20H,2-4,9-11H2,1H3,(H,19,21). The molecule has 1 aliphatic rings. The molecule has 0 unspecified atom stereocenters. The van der Waals surface area contributed by atoms with Crippen molar-refractivity contribution in [3.05, 3.63) is 28.8 Å². The fourth-order valence-corrected chi connectivity index (χ4v) is 3.08. The predicted octanol–water partition coefficient (Wildman–Crippen LogP) is 3.59. The Morgan fingerprint density at radius 2 is 2.14 bits per heavy atom. The van der Waals surface area contributed by atoms with Gasteiger partial charge in [0.05, 0.1) is 5.69 Å². The molecule has 1 aliphatic carbocycles. The Morgan fingerprint density at radius 1 is 1.43 bits per heavy atom. The lowest BCUT2D eigenvalue weighted by molar-refractivity contribution is -0.125. The minimum atomic E-state index is -0.249. The number of halogens is 1. The summed E-state index contributed by atoms with van der Waals surface area (Å²) in [6, 6.07) is 5.20. The highest BCUT2D eigenvalue weighted by molar-refractivity contribution is 6.30. The summed E-state index contributed by atoms with van der Waals surface area (Å²) in [5.74, 6) is 5.49. The molecule has 1 fully saturated rings. The molecule has 0 heterocycles. The second-order valence-electron chi connectivity index (χ2n) is 5.44. The third-order valence-electron chi connectivity index (χ3n) is 4.25. The largest absolute Gasteiger partial charge is 0.384 e. The van der Waals surface area contributed by atoms with E-state index in [-0.39, 0.29) is 17.9 Å². The first-order chi connectivity index (χ1) is 10.1. The number of benzene rings is 1. The van der Waals surface area contributed by atoms with Gasteiger partial charge in [-0.1, -0.05) is 43.2 Å². The van der Waals surface area contributed by atoms with Crippen LogP contribution < -0.4 is 5.32 Å². The second kappa shape index (κ2) is 6.98. The maximum atomic E-state index is 12.6. The number of nitrogens with one attached hydrogen (secondary N) is 1. The third-order valence-corrected chi connectivity index (χ3v) is 4.49. The summed E-state index contributed by atoms with van der Waals surface area (Å²) in [4.78, 5) is 12.6. The molecule has 0 radical (unpaired) electrons. The Bertz CT molecular complexity index is 580. The van der Waals surface area contributed by atoms with Gasteiger partial charge < -0.3 is 10.4 Å². The van der Waals surface area contributed by atoms with E-state index >= 15 is 0 Å². The van der Waals surface area contributed by atoms with Gasteiger partial charge in [-0.05, 0) is 37.5 Å². The topological polar surface area (TPSA) is 49.3 Å². The van der Waals surface area contributed by atoms with Crippen LogP contribution in [0.25, 0.3) is 0 Å². The van der Waals surface area contributed by atoms with E-state index in [2.05, 4.69) is 24.1 Å². The number of aliphatic hydroxyl groups excluding tert-OH is 1. The minimum Gasteiger partial charge on any atom is -0.384 e. The zero-order chi connectivity index (χ0) is 15.3. The van der Waals surface area contributed by atoms with Crippen LogP contribution in [0, 0.1) is 17.3 Å². The van der Waals surface area contributed by atoms with Gasteiger partial charge in [-0.15, -0.1) is 0 Å². The van der Waals surface area contributed by atoms with Gasteiger partial charge in [-0.3, -0.25) is 4.79 Å². The molecule has 0 spiro atoms. The first kappa shape index (κ1) is 15.9. The van der Waals surface area contributed by atoms with Crippen molar-refractivity contribution >= 4 is 23.2 Å². The Kier molecular flexibility index (Phi) is 5.27. The molecule has 0 saturated heterocycles. The van der Waals surface area contributed by atoms with E-state index in [1.54, 1.807) is 18.2 Å². The van der Waals surface area contributed by atoms with Gasteiger partial charge in [0.15, 0.2) is 0 Å². The van der Waals surface area contributed by atoms with Crippen molar-refractivity contribution in [2.75, 3.05) is 11.9 Å². The molecule has 3 nitrogen and oxygen atoms in total. The SMILES string of the molecule is CCC1(C(=O)Nc2ccc(Cl)cc2C#CCO)CCCC1. The predicted molar refractivity (Wildman–Crippen MR) is 85.2 cm³/mol. The van der Waals surface area contributed by atoms with Gasteiger partial charge in [0.1, 0.15) is 6.61 Å². The number of rotatable bonds is 3. The van der Waals surface area contributed by atoms with E-state index in [4.69, 9.17) is 16.7 Å². The molecular formula is C17H20ClNO2. The van der Waals surface area contributed by atoms with Crippen molar-refractivity contribution < 1.29 is 9.90 Å². The van der Waals surface area contributed by atoms with Crippen LogP contribution in [0.5, 0.6) is 0 Å². The van der Waals surface area contributed by atoms with E-state index in [1.165, 1.54) is 0 Å². The van der Waals surface area contributed by atoms with Gasteiger partial charge in [-0.2, -0.15) is 0 Å². The van der Waals surface area contributed by atoms with Crippen LogP contribution in [-0.2, 0) is 4.79 Å². The Hall–Kier alpha value is -1.50. The number of hydrogen-bond donors (Lipinski definition) is 2. The smallest absolute Gasteiger partial charge is 0.230 e. The first-order valence-corrected chi connectivity index (χ1v) is 7.70. The monoisotopic (exact) mass is 305 g/mol. The number of anilines is 1. The molecule has 4 heteroatoms. The summed E-state index contributed by atoms with van der Waals surface area (Å²) >= 11 is 5.97. The number of aliphatic hydroxyl groups is 1. The van der Waals surface area contributed by atoms with Crippen LogP contribution in [0.4, 0.5) is 5.69 Å². The Balaban J connectivity index is 2.24. The van der Waals surface area contributed by atoms with Crippen LogP contribution in [0.3, 0.4) is 0 Å². The van der Waals surface area contributed by atoms with E-state index in [9.17, 15) is 4.79 Å². The lowest BCUT2D eigenvalue weighted by Crippen LogP contribution is -2.33. The summed E-state index contributed by atoms with van der Waals surface area (Å²) in [5, 5.41) is 12.4. The molecule has 1 saturated carbocycles. The lowest BCUT2D eigenvalue weighted by atomic mass is 9.82. The average Bonchev–Trinajstić information content (AvgIpc) is 2.97. The molecule has 0 bridgehead atoms. The zero-order valence-electron chi connectivity index (χ0n) is 12.2. The third kappa shape index (κ3) is 3.58. The minimum absolute atomic E-state index is 0.0665. The lowest BCUT2D eigenvalue weighted by Gasteiger charge is -2.26. The van der Waals surface area contributed by atoms with Crippen LogP contribution >= 0.6 is 11.6 Å². The first-order valence-electron chi connectivity index (χ1n) is 7.32. The van der Waals surface area contributed by atoms with Crippen molar-refractivity contribution in [3.8, 4) is 11.8 Å². The molecule has 0 aromatic heterocycles. The van der Waals surface area contributed by atoms with Crippen molar-refractivity contribution in [1.29, 1.82) is 0 Å². The molecule has 0 atom stereocenters. The van der Waals surface area contributed by atoms with E-state index < -0.39 is 0 Å². The van der Waals surface area contributed by atoms with Crippen molar-refractivity contribution in [2.45, 2.75) is 39.0 Å². The maximum Gasteiger partial charge on any atom is 0.230 e. The van der Waals surface area contributed by atoms with E-state index in [0.29, 0.717) is 16.3 Å². The summed E-state index contributed by atoms with van der Waals surface area (Å²) in [6.07, 6.45) is 4.96. The molecule has 2 rings (SSSR count). The van der Waals surface area contributed by atoms with Gasteiger partial charge in [0.2, 0.25) is 5.91 Å². The summed E-state index contributed by atoms with van der Waals surface area (Å²) in [7, 11) is 0. The van der Waals surface area contributed by atoms with Crippen LogP contribution in [0.2, 0.25) is 5.02 Å². The van der Waals surface area contributed by atoms with Gasteiger partial charge in [0.25, 0.3) is 0 Å². The second-order valence-corrected chi connectivity index (χ2v) is 5.88. The van der Waals surface area contributed by atoms with Crippen molar-refractivity contribution in [3.63, 3.8) is 0 Å². The highest BCUT2D eigenvalue weighted by Gasteiger charge is 2.39.